The van der Waals surface area contributed by atoms with Crippen LogP contribution in [-0.2, 0) is 25.7 Å². The molecular weight excluding hydrogens is 423 g/mol. The molecule has 9 nitrogen and oxygen atoms in total. The number of non-ortho nitro benzene ring substituents is 1. The molecule has 32 heavy (non-hydrogen) atoms. The van der Waals surface area contributed by atoms with Gasteiger partial charge in [0, 0.05) is 24.1 Å². The normalized spacial score (nSPS) is 17.7. The molecule has 3 rings (SSSR count). The van der Waals surface area contributed by atoms with E-state index in [0.717, 1.165) is 29.2 Å². The Morgan fingerprint density at radius 2 is 1.78 bits per heavy atom. The summed E-state index contributed by atoms with van der Waals surface area (Å²) >= 11 is 0. The summed E-state index contributed by atoms with van der Waals surface area (Å²) in [6.07, 6.45) is -0.695. The lowest BCUT2D eigenvalue weighted by Gasteiger charge is -2.26. The summed E-state index contributed by atoms with van der Waals surface area (Å²) in [7, 11) is 0. The summed E-state index contributed by atoms with van der Waals surface area (Å²) in [6, 6.07) is 12.4. The number of halogens is 1. The Bertz CT molecular complexity index is 1070. The van der Waals surface area contributed by atoms with Gasteiger partial charge in [0.05, 0.1) is 18.1 Å². The van der Waals surface area contributed by atoms with Gasteiger partial charge >= 0.3 is 5.97 Å². The minimum Gasteiger partial charge on any atom is -0.463 e. The lowest BCUT2D eigenvalue weighted by molar-refractivity contribution is -0.384. The maximum atomic E-state index is 16.2. The number of imide groups is 1. The summed E-state index contributed by atoms with van der Waals surface area (Å²) < 4.78 is 20.9. The standard InChI is InChI=1S/C22H19FN2O7/c1-2-32-21(29)22(23,19(27)15-8-10-16(11-9-15)25(30)31)17-12-18(26)24(20(17)28)13-14-6-4-3-5-7-14/h3-11,17H,2,12-13H2,1H3/t17-,22-/m1/s1. The van der Waals surface area contributed by atoms with E-state index in [0.29, 0.717) is 5.56 Å². The van der Waals surface area contributed by atoms with Gasteiger partial charge in [0.1, 0.15) is 5.92 Å². The third-order valence-corrected chi connectivity index (χ3v) is 5.15. The molecule has 1 aliphatic heterocycles. The molecule has 2 aromatic rings. The molecule has 0 N–H and O–H groups in total. The third-order valence-electron chi connectivity index (χ3n) is 5.15. The molecule has 0 saturated carbocycles. The summed E-state index contributed by atoms with van der Waals surface area (Å²) in [6.45, 7) is 0.998. The number of ether oxygens (including phenoxy) is 1. The fourth-order valence-electron chi connectivity index (χ4n) is 3.50. The maximum absolute atomic E-state index is 16.2. The van der Waals surface area contributed by atoms with Gasteiger partial charge in [0.25, 0.3) is 11.4 Å². The van der Waals surface area contributed by atoms with Gasteiger partial charge in [-0.1, -0.05) is 30.3 Å². The molecule has 2 amide bonds. The van der Waals surface area contributed by atoms with Crippen molar-refractivity contribution in [3.8, 4) is 0 Å². The molecule has 1 fully saturated rings. The predicted octanol–water partition coefficient (Wildman–Crippen LogP) is 2.62. The molecule has 0 unspecified atom stereocenters. The van der Waals surface area contributed by atoms with Crippen molar-refractivity contribution in [3.63, 3.8) is 0 Å². The Kier molecular flexibility index (Phi) is 6.42. The van der Waals surface area contributed by atoms with Gasteiger partial charge in [-0.3, -0.25) is 29.4 Å². The van der Waals surface area contributed by atoms with Crippen molar-refractivity contribution in [2.75, 3.05) is 6.61 Å². The second-order valence-corrected chi connectivity index (χ2v) is 7.13. The van der Waals surface area contributed by atoms with E-state index >= 15 is 4.39 Å². The van der Waals surface area contributed by atoms with Gasteiger partial charge in [-0.2, -0.15) is 0 Å². The highest BCUT2D eigenvalue weighted by Crippen LogP contribution is 2.37. The quantitative estimate of drug-likeness (QED) is 0.154. The van der Waals surface area contributed by atoms with Gasteiger partial charge < -0.3 is 4.74 Å². The SMILES string of the molecule is CCOC(=O)[C@](F)(C(=O)c1ccc([N+](=O)[O-])cc1)[C@@H]1CC(=O)N(Cc2ccccc2)C1=O. The number of alkyl halides is 1. The molecular formula is C22H19FN2O7. The van der Waals surface area contributed by atoms with Crippen molar-refractivity contribution < 1.29 is 33.2 Å². The highest BCUT2D eigenvalue weighted by atomic mass is 19.1. The first kappa shape index (κ1) is 22.7. The molecule has 10 heteroatoms. The predicted molar refractivity (Wildman–Crippen MR) is 108 cm³/mol. The maximum Gasteiger partial charge on any atom is 0.353 e. The average Bonchev–Trinajstić information content (AvgIpc) is 3.07. The van der Waals surface area contributed by atoms with Crippen LogP contribution in [0, 0.1) is 16.0 Å². The van der Waals surface area contributed by atoms with Crippen molar-refractivity contribution in [2.24, 2.45) is 5.92 Å². The number of nitro benzene ring substituents is 1. The molecule has 1 aliphatic rings. The highest BCUT2D eigenvalue weighted by Gasteiger charge is 2.62. The van der Waals surface area contributed by atoms with Crippen molar-refractivity contribution in [1.82, 2.24) is 4.90 Å². The number of nitrogens with zero attached hydrogens (tertiary/aromatic N) is 2. The summed E-state index contributed by atoms with van der Waals surface area (Å²) in [4.78, 5) is 62.0. The van der Waals surface area contributed by atoms with Crippen LogP contribution < -0.4 is 0 Å². The first-order chi connectivity index (χ1) is 15.2. The lowest BCUT2D eigenvalue weighted by atomic mass is 9.81. The Labute approximate surface area is 181 Å². The first-order valence-corrected chi connectivity index (χ1v) is 9.73. The van der Waals surface area contributed by atoms with E-state index in [1.54, 1.807) is 30.3 Å². The van der Waals surface area contributed by atoms with Crippen molar-refractivity contribution in [2.45, 2.75) is 25.6 Å². The Morgan fingerprint density at radius 3 is 2.34 bits per heavy atom. The smallest absolute Gasteiger partial charge is 0.353 e. The molecule has 0 aromatic heterocycles. The summed E-state index contributed by atoms with van der Waals surface area (Å²) in [5, 5.41) is 10.8. The number of hydrogen-bond donors (Lipinski definition) is 0. The first-order valence-electron chi connectivity index (χ1n) is 9.73. The van der Waals surface area contributed by atoms with E-state index in [4.69, 9.17) is 4.74 Å². The number of esters is 1. The van der Waals surface area contributed by atoms with Gasteiger partial charge in [0.15, 0.2) is 0 Å². The number of ketones is 1. The van der Waals surface area contributed by atoms with Crippen molar-refractivity contribution in [3.05, 3.63) is 75.8 Å². The number of hydrogen-bond acceptors (Lipinski definition) is 7. The van der Waals surface area contributed by atoms with E-state index < -0.39 is 46.5 Å². The zero-order chi connectivity index (χ0) is 23.5. The van der Waals surface area contributed by atoms with Crippen LogP contribution in [0.2, 0.25) is 0 Å². The fraction of sp³-hybridized carbons (Fsp3) is 0.273. The minimum atomic E-state index is -3.47. The fourth-order valence-corrected chi connectivity index (χ4v) is 3.50. The van der Waals surface area contributed by atoms with E-state index in [9.17, 15) is 29.3 Å². The molecule has 0 radical (unpaired) electrons. The zero-order valence-electron chi connectivity index (χ0n) is 17.0. The van der Waals surface area contributed by atoms with Gasteiger partial charge in [-0.05, 0) is 24.6 Å². The van der Waals surface area contributed by atoms with Crippen LogP contribution in [-0.4, -0.2) is 45.7 Å². The monoisotopic (exact) mass is 442 g/mol. The number of benzene rings is 2. The van der Waals surface area contributed by atoms with Crippen molar-refractivity contribution >= 4 is 29.3 Å². The Hall–Kier alpha value is -3.95. The average molecular weight is 442 g/mol. The number of rotatable bonds is 8. The van der Waals surface area contributed by atoms with E-state index in [2.05, 4.69) is 0 Å². The molecule has 2 atom stereocenters. The van der Waals surface area contributed by atoms with Crippen LogP contribution in [0.5, 0.6) is 0 Å². The van der Waals surface area contributed by atoms with Crippen LogP contribution in [0.25, 0.3) is 0 Å². The van der Waals surface area contributed by atoms with Crippen LogP contribution in [0.15, 0.2) is 54.6 Å². The second-order valence-electron chi connectivity index (χ2n) is 7.13. The number of amides is 2. The largest absolute Gasteiger partial charge is 0.463 e. The summed E-state index contributed by atoms with van der Waals surface area (Å²) in [5.74, 6) is -6.65. The van der Waals surface area contributed by atoms with Crippen LogP contribution in [0.3, 0.4) is 0 Å². The number of likely N-dealkylation sites (tertiary alicyclic amines) is 1. The molecule has 0 spiro atoms. The molecule has 0 bridgehead atoms. The number of carbonyl (C=O) groups excluding carboxylic acids is 4. The lowest BCUT2D eigenvalue weighted by Crippen LogP contribution is -2.52. The zero-order valence-corrected chi connectivity index (χ0v) is 17.0. The van der Waals surface area contributed by atoms with Crippen LogP contribution in [0.4, 0.5) is 10.1 Å². The number of carbonyl (C=O) groups is 4. The highest BCUT2D eigenvalue weighted by molar-refractivity contribution is 6.20. The topological polar surface area (TPSA) is 124 Å². The molecule has 166 valence electrons. The van der Waals surface area contributed by atoms with E-state index in [1.807, 2.05) is 0 Å². The number of Topliss-reactive ketones (excluding diaryl/α,β-unsaturated/α-hetero) is 1. The van der Waals surface area contributed by atoms with E-state index in [1.165, 1.54) is 6.92 Å². The molecule has 0 aliphatic carbocycles. The molecule has 1 saturated heterocycles. The Morgan fingerprint density at radius 1 is 1.16 bits per heavy atom. The van der Waals surface area contributed by atoms with Gasteiger partial charge in [-0.15, -0.1) is 0 Å². The third kappa shape index (κ3) is 4.11. The Balaban J connectivity index is 1.96. The minimum absolute atomic E-state index is 0.139. The summed E-state index contributed by atoms with van der Waals surface area (Å²) in [5.41, 5.74) is -3.57. The van der Waals surface area contributed by atoms with Gasteiger partial charge in [-0.25, -0.2) is 9.18 Å². The molecule has 1 heterocycles. The van der Waals surface area contributed by atoms with Crippen LogP contribution in [0.1, 0.15) is 29.3 Å². The van der Waals surface area contributed by atoms with Crippen LogP contribution >= 0.6 is 0 Å². The van der Waals surface area contributed by atoms with E-state index in [-0.39, 0.29) is 24.4 Å². The second kappa shape index (κ2) is 9.04. The van der Waals surface area contributed by atoms with Gasteiger partial charge in [0.2, 0.25) is 17.6 Å². The molecule has 2 aromatic carbocycles. The number of nitro groups is 1. The van der Waals surface area contributed by atoms with Crippen molar-refractivity contribution in [1.29, 1.82) is 0 Å².